The van der Waals surface area contributed by atoms with E-state index in [2.05, 4.69) is 51.3 Å². The molecule has 1 aromatic heterocycles. The number of carbonyl (C=O) groups is 5. The average molecular weight is 790 g/mol. The third-order valence-corrected chi connectivity index (χ3v) is 8.63. The molecule has 1 atom stereocenters. The van der Waals surface area contributed by atoms with Crippen molar-refractivity contribution in [1.29, 1.82) is 0 Å². The fourth-order valence-corrected chi connectivity index (χ4v) is 4.95. The van der Waals surface area contributed by atoms with Crippen LogP contribution in [0.1, 0.15) is 104 Å². The molecule has 3 amide bonds. The molecule has 1 saturated carbocycles. The number of amides is 3. The Hall–Kier alpha value is -6.12. The fourth-order valence-electron chi connectivity index (χ4n) is 4.95. The Bertz CT molecular complexity index is 1940. The summed E-state index contributed by atoms with van der Waals surface area (Å²) in [4.78, 5) is 65.9. The van der Waals surface area contributed by atoms with Crippen LogP contribution in [-0.4, -0.2) is 79.6 Å². The first-order valence-corrected chi connectivity index (χ1v) is 18.4. The van der Waals surface area contributed by atoms with Gasteiger partial charge in [-0.15, -0.1) is 0 Å². The minimum absolute atomic E-state index is 0.0154. The summed E-state index contributed by atoms with van der Waals surface area (Å²) in [5, 5.41) is 11.1. The zero-order valence-corrected chi connectivity index (χ0v) is 33.7. The Kier molecular flexibility index (Phi) is 16.9. The quantitative estimate of drug-likeness (QED) is 0.0435. The number of esters is 1. The number of ether oxygens (including phenoxy) is 4. The van der Waals surface area contributed by atoms with Crippen LogP contribution in [0.25, 0.3) is 17.2 Å². The molecule has 15 heteroatoms. The van der Waals surface area contributed by atoms with Crippen molar-refractivity contribution in [2.75, 3.05) is 32.2 Å². The number of anilines is 1. The van der Waals surface area contributed by atoms with Gasteiger partial charge >= 0.3 is 12.1 Å². The zero-order valence-electron chi connectivity index (χ0n) is 33.7. The summed E-state index contributed by atoms with van der Waals surface area (Å²) in [6.45, 7) is 17.2. The van der Waals surface area contributed by atoms with E-state index in [4.69, 9.17) is 14.2 Å². The van der Waals surface area contributed by atoms with Gasteiger partial charge in [-0.2, -0.15) is 0 Å². The van der Waals surface area contributed by atoms with Gasteiger partial charge in [-0.1, -0.05) is 48.3 Å². The average Bonchev–Trinajstić information content (AvgIpc) is 4.02. The van der Waals surface area contributed by atoms with Gasteiger partial charge in [0.05, 0.1) is 12.8 Å². The molecule has 57 heavy (non-hydrogen) atoms. The van der Waals surface area contributed by atoms with E-state index in [0.29, 0.717) is 40.9 Å². The maximum atomic E-state index is 13.7. The lowest BCUT2D eigenvalue weighted by atomic mass is 9.94. The molecule has 2 aromatic carbocycles. The molecule has 306 valence electrons. The first kappa shape index (κ1) is 45.3. The monoisotopic (exact) mass is 789 g/mol. The molecule has 14 nitrogen and oxygen atoms in total. The highest BCUT2D eigenvalue weighted by Gasteiger charge is 2.26. The Morgan fingerprint density at radius 1 is 1.00 bits per heavy atom. The lowest BCUT2D eigenvalue weighted by Crippen LogP contribution is -2.39. The molecular formula is C42H52FN5O9. The van der Waals surface area contributed by atoms with Crippen LogP contribution in [0.3, 0.4) is 0 Å². The SMILES string of the molecule is C=Cc1cc(C(=O)Nc2ccc(/C(C)=N/F)cc2)c(-c2ccc(C(=O)NCC3CC3)nc2C(=O)OCCOC=O)cc1OC.CC(C)C(C)NC(=O)OC(C)(C)C. The van der Waals surface area contributed by atoms with E-state index in [1.165, 1.54) is 32.2 Å². The normalized spacial score (nSPS) is 12.9. The van der Waals surface area contributed by atoms with E-state index in [1.54, 1.807) is 36.4 Å². The number of nitrogens with one attached hydrogen (secondary N) is 3. The summed E-state index contributed by atoms with van der Waals surface area (Å²) in [5.41, 5.74) is 1.57. The number of rotatable bonds is 16. The van der Waals surface area contributed by atoms with Crippen molar-refractivity contribution in [2.24, 2.45) is 17.1 Å². The standard InChI is InChI=1S/C32H31FN4O7.C10H21NO2/c1-4-21-15-26(30(39)35-23-9-7-22(8-10-23)19(2)37-33)25(16-28(21)42-3)24-11-12-27(31(40)34-17-20-5-6-20)36-29(24)32(41)44-14-13-43-18-38;1-7(2)8(3)11-9(12)13-10(4,5)6/h4,7-12,15-16,18,20H,1,5-6,13-14,17H2,2-3H3,(H,34,40)(H,35,39);7-8H,1-6H3,(H,11,12)/b37-19+;. The maximum Gasteiger partial charge on any atom is 0.407 e. The number of methoxy groups -OCH3 is 1. The van der Waals surface area contributed by atoms with Crippen molar-refractivity contribution in [3.63, 3.8) is 0 Å². The highest BCUT2D eigenvalue weighted by molar-refractivity contribution is 6.11. The van der Waals surface area contributed by atoms with Crippen molar-refractivity contribution < 1.29 is 47.4 Å². The molecule has 0 bridgehead atoms. The summed E-state index contributed by atoms with van der Waals surface area (Å²) in [5.74, 6) is -0.691. The van der Waals surface area contributed by atoms with Gasteiger partial charge in [0.1, 0.15) is 30.3 Å². The third-order valence-electron chi connectivity index (χ3n) is 8.63. The van der Waals surface area contributed by atoms with Gasteiger partial charge in [0.25, 0.3) is 18.3 Å². The highest BCUT2D eigenvalue weighted by atomic mass is 19.2. The first-order valence-electron chi connectivity index (χ1n) is 18.4. The highest BCUT2D eigenvalue weighted by Crippen LogP contribution is 2.35. The van der Waals surface area contributed by atoms with E-state index >= 15 is 0 Å². The molecule has 4 rings (SSSR count). The Morgan fingerprint density at radius 3 is 2.25 bits per heavy atom. The molecule has 0 aliphatic heterocycles. The smallest absolute Gasteiger partial charge is 0.407 e. The van der Waals surface area contributed by atoms with Gasteiger partial charge < -0.3 is 34.9 Å². The van der Waals surface area contributed by atoms with Crippen LogP contribution < -0.4 is 20.7 Å². The number of alkyl carbamates (subject to hydrolysis) is 1. The fraction of sp³-hybridized carbons (Fsp3) is 0.405. The van der Waals surface area contributed by atoms with Gasteiger partial charge in [-0.25, -0.2) is 14.6 Å². The number of aromatic nitrogens is 1. The molecule has 1 unspecified atom stereocenters. The van der Waals surface area contributed by atoms with Crippen molar-refractivity contribution in [2.45, 2.75) is 73.0 Å². The van der Waals surface area contributed by atoms with Gasteiger partial charge in [-0.05, 0) is 101 Å². The zero-order chi connectivity index (χ0) is 42.3. The number of hydrogen-bond acceptors (Lipinski definition) is 11. The van der Waals surface area contributed by atoms with Crippen molar-refractivity contribution >= 4 is 47.8 Å². The van der Waals surface area contributed by atoms with Crippen LogP contribution in [0.2, 0.25) is 0 Å². The van der Waals surface area contributed by atoms with E-state index in [-0.39, 0.29) is 65.6 Å². The number of benzene rings is 2. The van der Waals surface area contributed by atoms with Crippen LogP contribution in [0.15, 0.2) is 60.3 Å². The van der Waals surface area contributed by atoms with E-state index < -0.39 is 23.4 Å². The summed E-state index contributed by atoms with van der Waals surface area (Å²) in [7, 11) is 1.45. The van der Waals surface area contributed by atoms with Crippen molar-refractivity contribution in [1.82, 2.24) is 15.6 Å². The third kappa shape index (κ3) is 14.2. The molecule has 0 radical (unpaired) electrons. The molecule has 1 aliphatic carbocycles. The molecule has 0 spiro atoms. The second-order valence-electron chi connectivity index (χ2n) is 14.6. The first-order chi connectivity index (χ1) is 27.0. The predicted molar refractivity (Wildman–Crippen MR) is 215 cm³/mol. The summed E-state index contributed by atoms with van der Waals surface area (Å²) < 4.78 is 33.2. The topological polar surface area (TPSA) is 184 Å². The van der Waals surface area contributed by atoms with E-state index in [0.717, 1.165) is 12.8 Å². The maximum absolute atomic E-state index is 13.7. The number of nitrogens with zero attached hydrogens (tertiary/aromatic N) is 2. The van der Waals surface area contributed by atoms with Gasteiger partial charge in [0.15, 0.2) is 5.69 Å². The van der Waals surface area contributed by atoms with Crippen LogP contribution in [0.5, 0.6) is 5.75 Å². The molecular weight excluding hydrogens is 737 g/mol. The van der Waals surface area contributed by atoms with Crippen LogP contribution in [0.4, 0.5) is 15.0 Å². The lowest BCUT2D eigenvalue weighted by Gasteiger charge is -2.23. The Morgan fingerprint density at radius 2 is 1.68 bits per heavy atom. The number of pyridine rings is 1. The predicted octanol–water partition coefficient (Wildman–Crippen LogP) is 7.37. The number of hydrogen-bond donors (Lipinski definition) is 3. The van der Waals surface area contributed by atoms with Crippen LogP contribution in [-0.2, 0) is 19.0 Å². The largest absolute Gasteiger partial charge is 0.496 e. The number of halogens is 1. The minimum atomic E-state index is -0.898. The van der Waals surface area contributed by atoms with Gasteiger partial charge in [-0.3, -0.25) is 14.4 Å². The lowest BCUT2D eigenvalue weighted by molar-refractivity contribution is -0.129. The van der Waals surface area contributed by atoms with Crippen molar-refractivity contribution in [3.8, 4) is 16.9 Å². The molecule has 3 N–H and O–H groups in total. The minimum Gasteiger partial charge on any atom is -0.496 e. The van der Waals surface area contributed by atoms with Gasteiger partial charge in [0, 0.05) is 40.5 Å². The van der Waals surface area contributed by atoms with Gasteiger partial charge in [0.2, 0.25) is 0 Å². The Labute approximate surface area is 332 Å². The molecule has 1 heterocycles. The molecule has 1 aliphatic rings. The number of carbonyl (C=O) groups excluding carboxylic acids is 5. The van der Waals surface area contributed by atoms with Crippen molar-refractivity contribution in [3.05, 3.63) is 83.2 Å². The van der Waals surface area contributed by atoms with E-state index in [9.17, 15) is 28.5 Å². The Balaban J connectivity index is 0.000000573. The van der Waals surface area contributed by atoms with Crippen LogP contribution in [0, 0.1) is 11.8 Å². The second kappa shape index (κ2) is 21.3. The molecule has 0 saturated heterocycles. The summed E-state index contributed by atoms with van der Waals surface area (Å²) >= 11 is 0. The second-order valence-corrected chi connectivity index (χ2v) is 14.6. The summed E-state index contributed by atoms with van der Waals surface area (Å²) in [6, 6.07) is 12.6. The summed E-state index contributed by atoms with van der Waals surface area (Å²) in [6.07, 6.45) is 3.25. The molecule has 1 fully saturated rings. The van der Waals surface area contributed by atoms with Crippen LogP contribution >= 0.6 is 0 Å². The van der Waals surface area contributed by atoms with E-state index in [1.807, 2.05) is 27.7 Å². The molecule has 3 aromatic rings.